The molecule has 1 aliphatic heterocycles. The Kier molecular flexibility index (Phi) is 4.08. The van der Waals surface area contributed by atoms with Crippen molar-refractivity contribution in [2.45, 2.75) is 19.0 Å². The SMILES string of the molecule is Nc1cc(NCC2CCCOC2)nc(C(F)(F)F)n1. The fraction of sp³-hybridized carbons (Fsp3) is 0.636. The van der Waals surface area contributed by atoms with Crippen molar-refractivity contribution in [2.75, 3.05) is 30.8 Å². The molecule has 0 aromatic carbocycles. The lowest BCUT2D eigenvalue weighted by molar-refractivity contribution is -0.144. The smallest absolute Gasteiger partial charge is 0.384 e. The van der Waals surface area contributed by atoms with Gasteiger partial charge in [-0.15, -0.1) is 0 Å². The molecule has 1 aromatic rings. The average Bonchev–Trinajstić information content (AvgIpc) is 2.36. The third kappa shape index (κ3) is 3.95. The van der Waals surface area contributed by atoms with Gasteiger partial charge in [0, 0.05) is 19.2 Å². The normalized spacial score (nSPS) is 20.3. The standard InChI is InChI=1S/C11H15F3N4O/c12-11(13,14)10-17-8(15)4-9(18-10)16-5-7-2-1-3-19-6-7/h4,7H,1-3,5-6H2,(H3,15,16,17,18). The Balaban J connectivity index is 2.01. The highest BCUT2D eigenvalue weighted by Gasteiger charge is 2.35. The maximum atomic E-state index is 12.5. The molecule has 1 saturated heterocycles. The maximum absolute atomic E-state index is 12.5. The number of ether oxygens (including phenoxy) is 1. The van der Waals surface area contributed by atoms with Crippen molar-refractivity contribution >= 4 is 11.6 Å². The summed E-state index contributed by atoms with van der Waals surface area (Å²) in [4.78, 5) is 6.60. The number of aromatic nitrogens is 2. The third-order valence-electron chi connectivity index (χ3n) is 2.83. The van der Waals surface area contributed by atoms with Crippen molar-refractivity contribution < 1.29 is 17.9 Å². The molecule has 0 bridgehead atoms. The Hall–Kier alpha value is -1.57. The second kappa shape index (κ2) is 5.60. The number of hydrogen-bond acceptors (Lipinski definition) is 5. The highest BCUT2D eigenvalue weighted by Crippen LogP contribution is 2.27. The minimum absolute atomic E-state index is 0.0883. The number of rotatable bonds is 3. The molecule has 19 heavy (non-hydrogen) atoms. The van der Waals surface area contributed by atoms with E-state index >= 15 is 0 Å². The van der Waals surface area contributed by atoms with Gasteiger partial charge in [-0.05, 0) is 18.8 Å². The van der Waals surface area contributed by atoms with E-state index in [1.807, 2.05) is 0 Å². The number of nitrogens with two attached hydrogens (primary N) is 1. The summed E-state index contributed by atoms with van der Waals surface area (Å²) < 4.78 is 42.8. The first-order valence-corrected chi connectivity index (χ1v) is 5.98. The van der Waals surface area contributed by atoms with Crippen LogP contribution in [0.5, 0.6) is 0 Å². The number of alkyl halides is 3. The van der Waals surface area contributed by atoms with E-state index < -0.39 is 12.0 Å². The van der Waals surface area contributed by atoms with Gasteiger partial charge in [0.15, 0.2) is 0 Å². The summed E-state index contributed by atoms with van der Waals surface area (Å²) in [5.74, 6) is -1.07. The number of nitrogen functional groups attached to an aromatic ring is 1. The second-order valence-electron chi connectivity index (χ2n) is 4.46. The molecule has 0 spiro atoms. The molecule has 5 nitrogen and oxygen atoms in total. The zero-order chi connectivity index (χ0) is 13.9. The van der Waals surface area contributed by atoms with E-state index in [1.165, 1.54) is 6.07 Å². The minimum atomic E-state index is -4.60. The first-order valence-electron chi connectivity index (χ1n) is 5.98. The molecule has 2 rings (SSSR count). The molecule has 1 unspecified atom stereocenters. The lowest BCUT2D eigenvalue weighted by atomic mass is 10.0. The van der Waals surface area contributed by atoms with Gasteiger partial charge in [0.1, 0.15) is 11.6 Å². The van der Waals surface area contributed by atoms with E-state index in [0.717, 1.165) is 19.4 Å². The Bertz CT molecular complexity index is 432. The van der Waals surface area contributed by atoms with Crippen LogP contribution in [-0.2, 0) is 10.9 Å². The van der Waals surface area contributed by atoms with Gasteiger partial charge in [-0.1, -0.05) is 0 Å². The quantitative estimate of drug-likeness (QED) is 0.882. The fourth-order valence-corrected chi connectivity index (χ4v) is 1.90. The van der Waals surface area contributed by atoms with Crippen LogP contribution < -0.4 is 11.1 Å². The zero-order valence-electron chi connectivity index (χ0n) is 10.2. The van der Waals surface area contributed by atoms with Crippen molar-refractivity contribution in [3.63, 3.8) is 0 Å². The summed E-state index contributed by atoms with van der Waals surface area (Å²) in [5, 5.41) is 2.86. The Morgan fingerprint density at radius 3 is 2.84 bits per heavy atom. The third-order valence-corrected chi connectivity index (χ3v) is 2.83. The van der Waals surface area contributed by atoms with Crippen LogP contribution in [0.1, 0.15) is 18.7 Å². The van der Waals surface area contributed by atoms with E-state index in [9.17, 15) is 13.2 Å². The van der Waals surface area contributed by atoms with E-state index in [1.54, 1.807) is 0 Å². The van der Waals surface area contributed by atoms with Gasteiger partial charge in [0.05, 0.1) is 6.61 Å². The average molecular weight is 276 g/mol. The Morgan fingerprint density at radius 2 is 2.21 bits per heavy atom. The van der Waals surface area contributed by atoms with Crippen LogP contribution in [0.4, 0.5) is 24.8 Å². The summed E-state index contributed by atoms with van der Waals surface area (Å²) >= 11 is 0. The van der Waals surface area contributed by atoms with Crippen LogP contribution in [-0.4, -0.2) is 29.7 Å². The molecule has 1 aromatic heterocycles. The number of nitrogens with zero attached hydrogens (tertiary/aromatic N) is 2. The predicted molar refractivity (Wildman–Crippen MR) is 63.5 cm³/mol. The van der Waals surface area contributed by atoms with Gasteiger partial charge in [-0.3, -0.25) is 0 Å². The largest absolute Gasteiger partial charge is 0.451 e. The monoisotopic (exact) mass is 276 g/mol. The highest BCUT2D eigenvalue weighted by molar-refractivity contribution is 5.44. The molecule has 0 aliphatic carbocycles. The van der Waals surface area contributed by atoms with Gasteiger partial charge in [-0.2, -0.15) is 13.2 Å². The van der Waals surface area contributed by atoms with Gasteiger partial charge in [-0.25, -0.2) is 9.97 Å². The molecule has 1 atom stereocenters. The molecular weight excluding hydrogens is 261 g/mol. The van der Waals surface area contributed by atoms with Crippen LogP contribution in [0, 0.1) is 5.92 Å². The Morgan fingerprint density at radius 1 is 1.42 bits per heavy atom. The van der Waals surface area contributed by atoms with Gasteiger partial charge in [0.25, 0.3) is 0 Å². The molecule has 8 heteroatoms. The van der Waals surface area contributed by atoms with Gasteiger partial charge < -0.3 is 15.8 Å². The lowest BCUT2D eigenvalue weighted by Gasteiger charge is -2.22. The molecule has 0 radical (unpaired) electrons. The molecule has 106 valence electrons. The Labute approximate surface area is 108 Å². The molecule has 1 fully saturated rings. The van der Waals surface area contributed by atoms with E-state index in [-0.39, 0.29) is 17.6 Å². The zero-order valence-corrected chi connectivity index (χ0v) is 10.2. The maximum Gasteiger partial charge on any atom is 0.451 e. The van der Waals surface area contributed by atoms with Crippen molar-refractivity contribution in [1.82, 2.24) is 9.97 Å². The fourth-order valence-electron chi connectivity index (χ4n) is 1.90. The summed E-state index contributed by atoms with van der Waals surface area (Å²) in [6.07, 6.45) is -2.65. The second-order valence-corrected chi connectivity index (χ2v) is 4.46. The number of hydrogen-bond donors (Lipinski definition) is 2. The predicted octanol–water partition coefficient (Wildman–Crippen LogP) is 1.92. The number of halogens is 3. The van der Waals surface area contributed by atoms with Gasteiger partial charge in [0.2, 0.25) is 5.82 Å². The summed E-state index contributed by atoms with van der Waals surface area (Å²) in [6.45, 7) is 1.86. The molecule has 3 N–H and O–H groups in total. The van der Waals surface area contributed by atoms with E-state index in [4.69, 9.17) is 10.5 Å². The van der Waals surface area contributed by atoms with Crippen molar-refractivity contribution in [3.05, 3.63) is 11.9 Å². The molecule has 0 saturated carbocycles. The van der Waals surface area contributed by atoms with E-state index in [0.29, 0.717) is 13.2 Å². The molecule has 0 amide bonds. The summed E-state index contributed by atoms with van der Waals surface area (Å²) in [6, 6.07) is 1.29. The van der Waals surface area contributed by atoms with Crippen LogP contribution in [0.15, 0.2) is 6.07 Å². The van der Waals surface area contributed by atoms with Crippen molar-refractivity contribution in [1.29, 1.82) is 0 Å². The summed E-state index contributed by atoms with van der Waals surface area (Å²) in [5.41, 5.74) is 5.35. The number of nitrogens with one attached hydrogen (secondary N) is 1. The van der Waals surface area contributed by atoms with E-state index in [2.05, 4.69) is 15.3 Å². The van der Waals surface area contributed by atoms with Crippen molar-refractivity contribution in [2.24, 2.45) is 5.92 Å². The van der Waals surface area contributed by atoms with Crippen LogP contribution >= 0.6 is 0 Å². The highest BCUT2D eigenvalue weighted by atomic mass is 19.4. The first-order chi connectivity index (χ1) is 8.95. The lowest BCUT2D eigenvalue weighted by Crippen LogP contribution is -2.25. The van der Waals surface area contributed by atoms with Crippen LogP contribution in [0.3, 0.4) is 0 Å². The van der Waals surface area contributed by atoms with Crippen LogP contribution in [0.2, 0.25) is 0 Å². The minimum Gasteiger partial charge on any atom is -0.384 e. The number of anilines is 2. The molecule has 1 aliphatic rings. The van der Waals surface area contributed by atoms with Crippen molar-refractivity contribution in [3.8, 4) is 0 Å². The van der Waals surface area contributed by atoms with Gasteiger partial charge >= 0.3 is 6.18 Å². The first kappa shape index (κ1) is 13.9. The van der Waals surface area contributed by atoms with Crippen LogP contribution in [0.25, 0.3) is 0 Å². The molecule has 2 heterocycles. The topological polar surface area (TPSA) is 73.1 Å². The summed E-state index contributed by atoms with van der Waals surface area (Å²) in [7, 11) is 0. The molecular formula is C11H15F3N4O.